The van der Waals surface area contributed by atoms with E-state index in [2.05, 4.69) is 28.3 Å². The zero-order valence-corrected chi connectivity index (χ0v) is 12.8. The van der Waals surface area contributed by atoms with Crippen LogP contribution in [0.1, 0.15) is 13.8 Å². The molecule has 0 aliphatic heterocycles. The number of rotatable bonds is 7. The van der Waals surface area contributed by atoms with Crippen LogP contribution in [0.2, 0.25) is 0 Å². The van der Waals surface area contributed by atoms with Gasteiger partial charge >= 0.3 is 0 Å². The summed E-state index contributed by atoms with van der Waals surface area (Å²) in [4.78, 5) is 2.27. The molecular formula is C15H21N3OS. The van der Waals surface area contributed by atoms with Gasteiger partial charge in [-0.1, -0.05) is 30.3 Å². The molecule has 0 aliphatic rings. The summed E-state index contributed by atoms with van der Waals surface area (Å²) in [5.41, 5.74) is 8.21. The van der Waals surface area contributed by atoms with Gasteiger partial charge in [0.05, 0.1) is 12.2 Å². The van der Waals surface area contributed by atoms with Crippen LogP contribution in [0.4, 0.5) is 10.8 Å². The SMILES string of the molecule is CCOCCN(CC)c1snc(N)c1-c1ccccc1. The van der Waals surface area contributed by atoms with Gasteiger partial charge in [-0.25, -0.2) is 0 Å². The number of nitrogens with two attached hydrogens (primary N) is 1. The highest BCUT2D eigenvalue weighted by Crippen LogP contribution is 2.38. The average molecular weight is 291 g/mol. The van der Waals surface area contributed by atoms with E-state index in [1.54, 1.807) is 0 Å². The minimum Gasteiger partial charge on any atom is -0.382 e. The summed E-state index contributed by atoms with van der Waals surface area (Å²) >= 11 is 1.46. The van der Waals surface area contributed by atoms with Crippen molar-refractivity contribution in [1.82, 2.24) is 4.37 Å². The van der Waals surface area contributed by atoms with Gasteiger partial charge in [0.2, 0.25) is 0 Å². The van der Waals surface area contributed by atoms with Crippen molar-refractivity contribution in [3.05, 3.63) is 30.3 Å². The van der Waals surface area contributed by atoms with Gasteiger partial charge in [0.15, 0.2) is 0 Å². The Morgan fingerprint density at radius 2 is 2.00 bits per heavy atom. The number of nitrogen functional groups attached to an aromatic ring is 1. The highest BCUT2D eigenvalue weighted by molar-refractivity contribution is 7.11. The largest absolute Gasteiger partial charge is 0.382 e. The average Bonchev–Trinajstić information content (AvgIpc) is 2.86. The van der Waals surface area contributed by atoms with Crippen LogP contribution < -0.4 is 10.6 Å². The first-order valence-electron chi connectivity index (χ1n) is 6.91. The summed E-state index contributed by atoms with van der Waals surface area (Å²) < 4.78 is 9.78. The van der Waals surface area contributed by atoms with Crippen molar-refractivity contribution in [3.8, 4) is 11.1 Å². The topological polar surface area (TPSA) is 51.4 Å². The standard InChI is InChI=1S/C15H21N3OS/c1-3-18(10-11-19-4-2)15-13(14(16)17-20-15)12-8-6-5-7-9-12/h5-9H,3-4,10-11H2,1-2H3,(H2,16,17). The molecule has 5 heteroatoms. The van der Waals surface area contributed by atoms with Crippen LogP contribution in [0, 0.1) is 0 Å². The van der Waals surface area contributed by atoms with E-state index >= 15 is 0 Å². The molecule has 1 heterocycles. The molecule has 0 bridgehead atoms. The summed E-state index contributed by atoms with van der Waals surface area (Å²) in [7, 11) is 0. The molecule has 2 rings (SSSR count). The Hall–Kier alpha value is -1.59. The Kier molecular flexibility index (Phi) is 5.38. The molecule has 0 amide bonds. The predicted octanol–water partition coefficient (Wildman–Crippen LogP) is 3.26. The number of nitrogens with zero attached hydrogens (tertiary/aromatic N) is 2. The molecule has 108 valence electrons. The lowest BCUT2D eigenvalue weighted by Crippen LogP contribution is -2.26. The van der Waals surface area contributed by atoms with Crippen LogP contribution in [0.3, 0.4) is 0 Å². The van der Waals surface area contributed by atoms with Crippen molar-refractivity contribution in [2.45, 2.75) is 13.8 Å². The number of likely N-dealkylation sites (N-methyl/N-ethyl adjacent to an activating group) is 1. The number of ether oxygens (including phenoxy) is 1. The first-order valence-corrected chi connectivity index (χ1v) is 7.68. The van der Waals surface area contributed by atoms with E-state index in [4.69, 9.17) is 10.5 Å². The van der Waals surface area contributed by atoms with Gasteiger partial charge in [0.25, 0.3) is 0 Å². The molecule has 0 saturated carbocycles. The molecule has 0 unspecified atom stereocenters. The molecule has 1 aromatic heterocycles. The maximum Gasteiger partial charge on any atom is 0.147 e. The summed E-state index contributed by atoms with van der Waals surface area (Å²) in [6.07, 6.45) is 0. The lowest BCUT2D eigenvalue weighted by Gasteiger charge is -2.22. The second-order valence-electron chi connectivity index (χ2n) is 4.39. The number of anilines is 2. The lowest BCUT2D eigenvalue weighted by molar-refractivity contribution is 0.154. The first kappa shape index (κ1) is 14.8. The summed E-state index contributed by atoms with van der Waals surface area (Å²) in [5.74, 6) is 0.603. The molecule has 4 nitrogen and oxygen atoms in total. The van der Waals surface area contributed by atoms with E-state index < -0.39 is 0 Å². The van der Waals surface area contributed by atoms with Crippen molar-refractivity contribution in [3.63, 3.8) is 0 Å². The van der Waals surface area contributed by atoms with Gasteiger partial charge in [-0.3, -0.25) is 0 Å². The van der Waals surface area contributed by atoms with Crippen molar-refractivity contribution in [1.29, 1.82) is 0 Å². The molecule has 0 atom stereocenters. The van der Waals surface area contributed by atoms with E-state index in [1.165, 1.54) is 11.5 Å². The Bertz CT molecular complexity index is 527. The monoisotopic (exact) mass is 291 g/mol. The molecule has 0 radical (unpaired) electrons. The Morgan fingerprint density at radius 1 is 1.25 bits per heavy atom. The fraction of sp³-hybridized carbons (Fsp3) is 0.400. The molecular weight excluding hydrogens is 270 g/mol. The Balaban J connectivity index is 2.27. The number of aromatic nitrogens is 1. The van der Waals surface area contributed by atoms with Crippen molar-refractivity contribution in [2.75, 3.05) is 36.9 Å². The summed E-state index contributed by atoms with van der Waals surface area (Å²) in [6.45, 7) is 7.37. The van der Waals surface area contributed by atoms with Crippen molar-refractivity contribution < 1.29 is 4.74 Å². The van der Waals surface area contributed by atoms with Crippen LogP contribution in [0.15, 0.2) is 30.3 Å². The van der Waals surface area contributed by atoms with Crippen molar-refractivity contribution in [2.24, 2.45) is 0 Å². The van der Waals surface area contributed by atoms with E-state index in [1.807, 2.05) is 25.1 Å². The number of benzene rings is 1. The third-order valence-electron chi connectivity index (χ3n) is 3.14. The van der Waals surface area contributed by atoms with E-state index in [0.717, 1.165) is 42.4 Å². The number of hydrogen-bond donors (Lipinski definition) is 1. The van der Waals surface area contributed by atoms with Crippen LogP contribution in [-0.4, -0.2) is 30.7 Å². The lowest BCUT2D eigenvalue weighted by atomic mass is 10.1. The summed E-state index contributed by atoms with van der Waals surface area (Å²) in [6, 6.07) is 10.2. The van der Waals surface area contributed by atoms with Gasteiger partial charge in [0, 0.05) is 19.7 Å². The molecule has 0 spiro atoms. The van der Waals surface area contributed by atoms with E-state index in [0.29, 0.717) is 5.82 Å². The molecule has 0 aliphatic carbocycles. The van der Waals surface area contributed by atoms with Crippen LogP contribution >= 0.6 is 11.5 Å². The Morgan fingerprint density at radius 3 is 2.65 bits per heavy atom. The van der Waals surface area contributed by atoms with Gasteiger partial charge in [-0.2, -0.15) is 4.37 Å². The van der Waals surface area contributed by atoms with E-state index in [9.17, 15) is 0 Å². The smallest absolute Gasteiger partial charge is 0.147 e. The number of hydrogen-bond acceptors (Lipinski definition) is 5. The van der Waals surface area contributed by atoms with Gasteiger partial charge in [-0.15, -0.1) is 0 Å². The second kappa shape index (κ2) is 7.26. The minimum absolute atomic E-state index is 0.603. The highest BCUT2D eigenvalue weighted by Gasteiger charge is 2.18. The third kappa shape index (κ3) is 3.29. The molecule has 2 aromatic rings. The molecule has 2 N–H and O–H groups in total. The zero-order valence-electron chi connectivity index (χ0n) is 12.0. The molecule has 1 aromatic carbocycles. The second-order valence-corrected chi connectivity index (χ2v) is 5.14. The maximum absolute atomic E-state index is 6.06. The van der Waals surface area contributed by atoms with Crippen LogP contribution in [0.25, 0.3) is 11.1 Å². The van der Waals surface area contributed by atoms with Crippen molar-refractivity contribution >= 4 is 22.4 Å². The molecule has 0 fully saturated rings. The maximum atomic E-state index is 6.06. The Labute approximate surface area is 124 Å². The molecule has 0 saturated heterocycles. The van der Waals surface area contributed by atoms with Gasteiger partial charge in [0.1, 0.15) is 10.8 Å². The first-order chi connectivity index (χ1) is 9.77. The van der Waals surface area contributed by atoms with Crippen LogP contribution in [-0.2, 0) is 4.74 Å². The summed E-state index contributed by atoms with van der Waals surface area (Å²) in [5, 5.41) is 1.12. The quantitative estimate of drug-likeness (QED) is 0.796. The highest BCUT2D eigenvalue weighted by atomic mass is 32.1. The van der Waals surface area contributed by atoms with Crippen LogP contribution in [0.5, 0.6) is 0 Å². The zero-order chi connectivity index (χ0) is 14.4. The minimum atomic E-state index is 0.603. The van der Waals surface area contributed by atoms with Gasteiger partial charge in [-0.05, 0) is 30.9 Å². The third-order valence-corrected chi connectivity index (χ3v) is 4.06. The molecule has 20 heavy (non-hydrogen) atoms. The fourth-order valence-electron chi connectivity index (χ4n) is 2.11. The normalized spacial score (nSPS) is 10.7. The van der Waals surface area contributed by atoms with Gasteiger partial charge < -0.3 is 15.4 Å². The van der Waals surface area contributed by atoms with E-state index in [-0.39, 0.29) is 0 Å². The predicted molar refractivity (Wildman–Crippen MR) is 86.3 cm³/mol. The fourth-order valence-corrected chi connectivity index (χ4v) is 3.03.